The number of hydrogen-bond acceptors (Lipinski definition) is 5. The van der Waals surface area contributed by atoms with Crippen LogP contribution in [0.25, 0.3) is 10.9 Å². The Morgan fingerprint density at radius 1 is 1.18 bits per heavy atom. The molecule has 28 heavy (non-hydrogen) atoms. The van der Waals surface area contributed by atoms with Crippen LogP contribution in [0.15, 0.2) is 52.3 Å². The quantitative estimate of drug-likeness (QED) is 0.615. The van der Waals surface area contributed by atoms with Crippen LogP contribution in [0.2, 0.25) is 10.0 Å². The number of thioether (sulfide) groups is 1. The van der Waals surface area contributed by atoms with Crippen LogP contribution in [0.5, 0.6) is 5.75 Å². The van der Waals surface area contributed by atoms with Gasteiger partial charge in [-0.3, -0.25) is 4.79 Å². The van der Waals surface area contributed by atoms with E-state index in [4.69, 9.17) is 27.9 Å². The molecule has 0 saturated heterocycles. The van der Waals surface area contributed by atoms with E-state index in [1.807, 2.05) is 12.1 Å². The highest BCUT2D eigenvalue weighted by Gasteiger charge is 2.18. The predicted molar refractivity (Wildman–Crippen MR) is 116 cm³/mol. The summed E-state index contributed by atoms with van der Waals surface area (Å²) in [4.78, 5) is 18.6. The molecular weight excluding hydrogens is 419 g/mol. The van der Waals surface area contributed by atoms with Gasteiger partial charge in [-0.2, -0.15) is 0 Å². The number of halogens is 2. The largest absolute Gasteiger partial charge is 0.491 e. The van der Waals surface area contributed by atoms with Gasteiger partial charge in [0.2, 0.25) is 5.56 Å². The first-order chi connectivity index (χ1) is 13.5. The fraction of sp³-hybridized carbons (Fsp3) is 0.200. The topological polar surface area (TPSA) is 74.7 Å². The molecule has 0 aliphatic carbocycles. The number of aromatic nitrogens is 1. The molecule has 0 bridgehead atoms. The minimum atomic E-state index is -0.644. The zero-order valence-corrected chi connectivity index (χ0v) is 16.9. The minimum absolute atomic E-state index is 0.143. The smallest absolute Gasteiger partial charge is 0.248 e. The van der Waals surface area contributed by atoms with Crippen molar-refractivity contribution in [2.24, 2.45) is 4.99 Å². The summed E-state index contributed by atoms with van der Waals surface area (Å²) in [7, 11) is 0. The first-order valence-electron chi connectivity index (χ1n) is 8.60. The molecule has 0 spiro atoms. The number of aromatic amines is 1. The molecule has 0 radical (unpaired) electrons. The number of aliphatic hydroxyl groups is 1. The zero-order valence-electron chi connectivity index (χ0n) is 14.6. The van der Waals surface area contributed by atoms with E-state index in [9.17, 15) is 9.90 Å². The van der Waals surface area contributed by atoms with Crippen molar-refractivity contribution in [1.29, 1.82) is 0 Å². The second-order valence-electron chi connectivity index (χ2n) is 6.42. The normalized spacial score (nSPS) is 14.0. The van der Waals surface area contributed by atoms with Crippen molar-refractivity contribution in [2.45, 2.75) is 12.5 Å². The van der Waals surface area contributed by atoms with E-state index in [-0.39, 0.29) is 12.2 Å². The van der Waals surface area contributed by atoms with Crippen molar-refractivity contribution < 1.29 is 9.84 Å². The van der Waals surface area contributed by atoms with E-state index in [1.165, 1.54) is 17.8 Å². The maximum Gasteiger partial charge on any atom is 0.248 e. The monoisotopic (exact) mass is 434 g/mol. The van der Waals surface area contributed by atoms with E-state index in [2.05, 4.69) is 9.98 Å². The molecule has 0 saturated carbocycles. The van der Waals surface area contributed by atoms with Gasteiger partial charge >= 0.3 is 0 Å². The van der Waals surface area contributed by atoms with Crippen LogP contribution in [0.1, 0.15) is 5.56 Å². The van der Waals surface area contributed by atoms with Gasteiger partial charge in [0, 0.05) is 29.1 Å². The zero-order chi connectivity index (χ0) is 19.7. The Morgan fingerprint density at radius 3 is 2.86 bits per heavy atom. The summed E-state index contributed by atoms with van der Waals surface area (Å²) in [6.07, 6.45) is 0.0442. The number of pyridine rings is 1. The number of rotatable bonds is 5. The Bertz CT molecular complexity index is 1130. The number of aliphatic hydroxyl groups excluding tert-OH is 1. The van der Waals surface area contributed by atoms with Gasteiger partial charge < -0.3 is 14.8 Å². The fourth-order valence-corrected chi connectivity index (χ4v) is 4.14. The van der Waals surface area contributed by atoms with Gasteiger partial charge in [-0.05, 0) is 42.0 Å². The molecule has 2 N–H and O–H groups in total. The highest BCUT2D eigenvalue weighted by molar-refractivity contribution is 8.14. The third-order valence-electron chi connectivity index (χ3n) is 4.29. The lowest BCUT2D eigenvalue weighted by Crippen LogP contribution is -2.21. The van der Waals surface area contributed by atoms with Crippen LogP contribution < -0.4 is 10.3 Å². The number of H-pyrrole nitrogens is 1. The van der Waals surface area contributed by atoms with Crippen molar-refractivity contribution in [3.05, 3.63) is 68.4 Å². The summed E-state index contributed by atoms with van der Waals surface area (Å²) in [6.45, 7) is 0.166. The van der Waals surface area contributed by atoms with Gasteiger partial charge in [0.25, 0.3) is 0 Å². The summed E-state index contributed by atoms with van der Waals surface area (Å²) in [5.41, 5.74) is 2.47. The van der Waals surface area contributed by atoms with E-state index in [0.717, 1.165) is 27.2 Å². The van der Waals surface area contributed by atoms with Gasteiger partial charge in [0.05, 0.1) is 26.9 Å². The summed E-state index contributed by atoms with van der Waals surface area (Å²) in [5, 5.41) is 13.0. The lowest BCUT2D eigenvalue weighted by molar-refractivity contribution is 0.126. The molecule has 1 aliphatic heterocycles. The van der Waals surface area contributed by atoms with Crippen LogP contribution in [-0.4, -0.2) is 33.6 Å². The molecule has 2 aromatic carbocycles. The number of fused-ring (bicyclic) bond motifs is 2. The van der Waals surface area contributed by atoms with E-state index in [0.29, 0.717) is 28.0 Å². The molecule has 0 fully saturated rings. The molecule has 1 atom stereocenters. The van der Waals surface area contributed by atoms with Gasteiger partial charge in [-0.25, -0.2) is 4.99 Å². The van der Waals surface area contributed by atoms with Crippen molar-refractivity contribution in [3.8, 4) is 5.75 Å². The molecule has 1 aliphatic rings. The number of nitrogens with zero attached hydrogens (tertiary/aromatic N) is 1. The minimum Gasteiger partial charge on any atom is -0.491 e. The Morgan fingerprint density at radius 2 is 2.00 bits per heavy atom. The van der Waals surface area contributed by atoms with Crippen LogP contribution in [0, 0.1) is 0 Å². The third kappa shape index (κ3) is 4.36. The Labute approximate surface area is 175 Å². The van der Waals surface area contributed by atoms with Crippen LogP contribution in [0.3, 0.4) is 0 Å². The van der Waals surface area contributed by atoms with E-state index >= 15 is 0 Å². The number of nitrogens with one attached hydrogen (secondary N) is 1. The van der Waals surface area contributed by atoms with Gasteiger partial charge in [-0.1, -0.05) is 23.2 Å². The lowest BCUT2D eigenvalue weighted by Gasteiger charge is -2.12. The number of ether oxygens (including phenoxy) is 1. The SMILES string of the molecule is O=c1ccc2cc(OC[C@@H](O)CSC3=Nc4cc(Cl)c(Cl)cc4C3)ccc2[nH]1. The summed E-state index contributed by atoms with van der Waals surface area (Å²) in [5.74, 6) is 1.10. The Kier molecular flexibility index (Phi) is 5.64. The summed E-state index contributed by atoms with van der Waals surface area (Å²) in [6, 6.07) is 12.2. The summed E-state index contributed by atoms with van der Waals surface area (Å²) < 4.78 is 5.68. The number of aliphatic imine (C=N–C) groups is 1. The van der Waals surface area contributed by atoms with E-state index in [1.54, 1.807) is 24.3 Å². The van der Waals surface area contributed by atoms with Gasteiger partial charge in [0.15, 0.2) is 0 Å². The highest BCUT2D eigenvalue weighted by atomic mass is 35.5. The molecule has 2 heterocycles. The average Bonchev–Trinajstić information content (AvgIpc) is 3.06. The van der Waals surface area contributed by atoms with Crippen molar-refractivity contribution >= 4 is 56.6 Å². The molecule has 1 aromatic heterocycles. The number of hydrogen-bond donors (Lipinski definition) is 2. The van der Waals surface area contributed by atoms with Crippen LogP contribution in [0.4, 0.5) is 5.69 Å². The summed E-state index contributed by atoms with van der Waals surface area (Å²) >= 11 is 13.6. The lowest BCUT2D eigenvalue weighted by atomic mass is 10.1. The average molecular weight is 435 g/mol. The standard InChI is InChI=1S/C20H16Cl2N2O3S/c21-15-6-12-7-20(24-18(12)8-16(15)22)28-10-13(25)9-27-14-2-3-17-11(5-14)1-4-19(26)23-17/h1-6,8,13,25H,7,9-10H2,(H,23,26)/t13-/m1/s1. The third-order valence-corrected chi connectivity index (χ3v) is 6.13. The fourth-order valence-electron chi connectivity index (χ4n) is 2.90. The van der Waals surface area contributed by atoms with Crippen LogP contribution >= 0.6 is 35.0 Å². The first kappa shape index (κ1) is 19.3. The molecule has 8 heteroatoms. The van der Waals surface area contributed by atoms with Crippen molar-refractivity contribution in [2.75, 3.05) is 12.4 Å². The molecule has 4 rings (SSSR count). The first-order valence-corrected chi connectivity index (χ1v) is 10.3. The maximum atomic E-state index is 11.3. The molecule has 144 valence electrons. The van der Waals surface area contributed by atoms with Crippen LogP contribution in [-0.2, 0) is 6.42 Å². The Hall–Kier alpha value is -1.99. The molecule has 0 unspecified atom stereocenters. The van der Waals surface area contributed by atoms with Gasteiger partial charge in [0.1, 0.15) is 12.4 Å². The predicted octanol–water partition coefficient (Wildman–Crippen LogP) is 4.59. The second kappa shape index (κ2) is 8.17. The maximum absolute atomic E-state index is 11.3. The second-order valence-corrected chi connectivity index (χ2v) is 8.33. The highest BCUT2D eigenvalue weighted by Crippen LogP contribution is 2.36. The van der Waals surface area contributed by atoms with E-state index < -0.39 is 6.10 Å². The number of benzene rings is 2. The Balaban J connectivity index is 1.30. The molecular formula is C20H16Cl2N2O3S. The van der Waals surface area contributed by atoms with Gasteiger partial charge in [-0.15, -0.1) is 11.8 Å². The molecule has 0 amide bonds. The van der Waals surface area contributed by atoms with Crippen molar-refractivity contribution in [3.63, 3.8) is 0 Å². The molecule has 3 aromatic rings. The molecule has 5 nitrogen and oxygen atoms in total. The van der Waals surface area contributed by atoms with Crippen molar-refractivity contribution in [1.82, 2.24) is 4.98 Å².